The summed E-state index contributed by atoms with van der Waals surface area (Å²) >= 11 is 0. The van der Waals surface area contributed by atoms with Crippen molar-refractivity contribution in [3.63, 3.8) is 0 Å². The number of anilines is 2. The number of fused-ring (bicyclic) bond motifs is 3. The number of carbonyl (C=O) groups excluding carboxylic acids is 1. The van der Waals surface area contributed by atoms with Gasteiger partial charge in [-0.1, -0.05) is 37.8 Å². The van der Waals surface area contributed by atoms with Gasteiger partial charge in [0.25, 0.3) is 0 Å². The second-order valence-electron chi connectivity index (χ2n) is 10.6. The van der Waals surface area contributed by atoms with Crippen LogP contribution >= 0.6 is 0 Å². The Morgan fingerprint density at radius 1 is 0.900 bits per heavy atom. The lowest BCUT2D eigenvalue weighted by atomic mass is 10.00. The number of aromatic nitrogens is 2. The van der Waals surface area contributed by atoms with E-state index in [0.29, 0.717) is 18.7 Å². The minimum atomic E-state index is 0. The molecule has 208 valence electrons. The Morgan fingerprint density at radius 2 is 1.55 bits per heavy atom. The molecule has 6 rings (SSSR count). The van der Waals surface area contributed by atoms with Crippen LogP contribution in [0.15, 0.2) is 54.6 Å². The van der Waals surface area contributed by atoms with E-state index in [9.17, 15) is 10.1 Å². The molecule has 0 radical (unpaired) electrons. The highest BCUT2D eigenvalue weighted by Gasteiger charge is 2.28. The second-order valence-corrected chi connectivity index (χ2v) is 10.6. The van der Waals surface area contributed by atoms with E-state index < -0.39 is 0 Å². The first-order valence-corrected chi connectivity index (χ1v) is 13.9. The van der Waals surface area contributed by atoms with E-state index in [0.717, 1.165) is 80.3 Å². The van der Waals surface area contributed by atoms with Crippen LogP contribution in [0.1, 0.15) is 31.0 Å². The predicted molar refractivity (Wildman–Crippen MR) is 162 cm³/mol. The maximum atomic E-state index is 12.0. The molecule has 8 heteroatoms. The smallest absolute Gasteiger partial charge is 0.219 e. The van der Waals surface area contributed by atoms with Crippen molar-refractivity contribution < 1.29 is 4.79 Å². The number of hydrogen-bond acceptors (Lipinski definition) is 6. The molecule has 2 aromatic heterocycles. The van der Waals surface area contributed by atoms with Crippen molar-refractivity contribution in [1.82, 2.24) is 19.2 Å². The first kappa shape index (κ1) is 27.5. The fraction of sp³-hybridized carbons (Fsp3) is 0.406. The summed E-state index contributed by atoms with van der Waals surface area (Å²) in [6, 6.07) is 21.3. The molecule has 0 spiro atoms. The van der Waals surface area contributed by atoms with Gasteiger partial charge in [0, 0.05) is 71.5 Å². The summed E-state index contributed by atoms with van der Waals surface area (Å²) in [7, 11) is 0. The van der Waals surface area contributed by atoms with E-state index in [1.54, 1.807) is 6.92 Å². The van der Waals surface area contributed by atoms with Crippen LogP contribution in [0.2, 0.25) is 0 Å². The minimum absolute atomic E-state index is 0. The largest absolute Gasteiger partial charge is 0.369 e. The van der Waals surface area contributed by atoms with E-state index in [-0.39, 0.29) is 13.3 Å². The number of pyridine rings is 1. The van der Waals surface area contributed by atoms with Gasteiger partial charge in [-0.05, 0) is 48.7 Å². The van der Waals surface area contributed by atoms with Crippen LogP contribution in [0, 0.1) is 18.3 Å². The number of nitriles is 1. The summed E-state index contributed by atoms with van der Waals surface area (Å²) in [5.74, 6) is 1.25. The lowest BCUT2D eigenvalue weighted by molar-refractivity contribution is -0.129. The molecule has 4 heterocycles. The molecule has 2 aromatic carbocycles. The number of rotatable bonds is 5. The highest BCUT2D eigenvalue weighted by Crippen LogP contribution is 2.34. The van der Waals surface area contributed by atoms with E-state index in [1.807, 2.05) is 23.1 Å². The van der Waals surface area contributed by atoms with Gasteiger partial charge in [-0.25, -0.2) is 4.98 Å². The second kappa shape index (κ2) is 11.6. The summed E-state index contributed by atoms with van der Waals surface area (Å²) < 4.78 is 2.20. The molecule has 2 saturated heterocycles. The van der Waals surface area contributed by atoms with Crippen LogP contribution < -0.4 is 9.80 Å². The third kappa shape index (κ3) is 4.98. The maximum absolute atomic E-state index is 12.0. The summed E-state index contributed by atoms with van der Waals surface area (Å²) in [5.41, 5.74) is 6.81. The van der Waals surface area contributed by atoms with Crippen LogP contribution in [0.4, 0.5) is 11.5 Å². The zero-order valence-electron chi connectivity index (χ0n) is 22.8. The fourth-order valence-electron chi connectivity index (χ4n) is 6.17. The van der Waals surface area contributed by atoms with Crippen LogP contribution in [0.5, 0.6) is 0 Å². The normalized spacial score (nSPS) is 16.3. The standard InChI is InChI=1S/C31H35N7O.CH4/c1-23-26(12-13-34-14-16-36(17-15-34)25-8-4-3-5-9-25)31(37-20-18-35(19-21-37)24(2)39)38-29-11-7-6-10-28(29)33-30(38)27(23)22-32;/h3-11H,12-21H2,1-2H3;1H4. The number of benzene rings is 2. The summed E-state index contributed by atoms with van der Waals surface area (Å²) in [4.78, 5) is 26.3. The van der Waals surface area contributed by atoms with E-state index >= 15 is 0 Å². The average Bonchev–Trinajstić information content (AvgIpc) is 3.35. The molecule has 0 atom stereocenters. The molecule has 4 aromatic rings. The number of hydrogen-bond donors (Lipinski definition) is 0. The third-order valence-electron chi connectivity index (χ3n) is 8.40. The monoisotopic (exact) mass is 537 g/mol. The van der Waals surface area contributed by atoms with Gasteiger partial charge >= 0.3 is 0 Å². The zero-order chi connectivity index (χ0) is 26.9. The fourth-order valence-corrected chi connectivity index (χ4v) is 6.17. The molecule has 2 aliphatic rings. The molecule has 2 aliphatic heterocycles. The van der Waals surface area contributed by atoms with Gasteiger partial charge in [0.1, 0.15) is 11.9 Å². The van der Waals surface area contributed by atoms with Crippen LogP contribution in [-0.4, -0.2) is 84.0 Å². The van der Waals surface area contributed by atoms with Gasteiger partial charge in [0.15, 0.2) is 5.65 Å². The van der Waals surface area contributed by atoms with Crippen molar-refractivity contribution in [2.75, 3.05) is 68.7 Å². The Labute approximate surface area is 237 Å². The Morgan fingerprint density at radius 3 is 2.23 bits per heavy atom. The van der Waals surface area contributed by atoms with Crippen molar-refractivity contribution in [2.45, 2.75) is 27.7 Å². The molecule has 0 bridgehead atoms. The Hall–Kier alpha value is -4.09. The van der Waals surface area contributed by atoms with E-state index in [2.05, 4.69) is 68.5 Å². The first-order valence-electron chi connectivity index (χ1n) is 13.9. The van der Waals surface area contributed by atoms with Crippen molar-refractivity contribution in [1.29, 1.82) is 5.26 Å². The topological polar surface area (TPSA) is 71.1 Å². The van der Waals surface area contributed by atoms with Gasteiger partial charge in [-0.15, -0.1) is 0 Å². The number of imidazole rings is 1. The molecule has 40 heavy (non-hydrogen) atoms. The Kier molecular flexibility index (Phi) is 7.95. The average molecular weight is 538 g/mol. The lowest BCUT2D eigenvalue weighted by Crippen LogP contribution is -2.49. The van der Waals surface area contributed by atoms with Crippen molar-refractivity contribution >= 4 is 34.1 Å². The quantitative estimate of drug-likeness (QED) is 0.377. The summed E-state index contributed by atoms with van der Waals surface area (Å²) in [5, 5.41) is 10.2. The van der Waals surface area contributed by atoms with Crippen molar-refractivity contribution in [3.8, 4) is 6.07 Å². The molecule has 0 aliphatic carbocycles. The van der Waals surface area contributed by atoms with Gasteiger partial charge in [-0.2, -0.15) is 5.26 Å². The number of piperazine rings is 2. The lowest BCUT2D eigenvalue weighted by Gasteiger charge is -2.38. The Bertz CT molecular complexity index is 1540. The SMILES string of the molecule is C.CC(=O)N1CCN(c2c(CCN3CCN(c4ccccc4)CC3)c(C)c(C#N)c3nc4ccccc4n23)CC1. The third-order valence-corrected chi connectivity index (χ3v) is 8.40. The predicted octanol–water partition coefficient (Wildman–Crippen LogP) is 4.34. The number of amides is 1. The molecular formula is C32H39N7O. The zero-order valence-corrected chi connectivity index (χ0v) is 22.8. The molecule has 2 fully saturated rings. The van der Waals surface area contributed by atoms with Crippen LogP contribution in [-0.2, 0) is 11.2 Å². The summed E-state index contributed by atoms with van der Waals surface area (Å²) in [6.45, 7) is 11.6. The Balaban J connectivity index is 0.00000323. The highest BCUT2D eigenvalue weighted by atomic mass is 16.2. The van der Waals surface area contributed by atoms with Gasteiger partial charge in [-0.3, -0.25) is 14.1 Å². The first-order chi connectivity index (χ1) is 19.0. The van der Waals surface area contributed by atoms with Crippen molar-refractivity contribution in [2.24, 2.45) is 0 Å². The molecule has 0 N–H and O–H groups in total. The number of para-hydroxylation sites is 3. The molecule has 1 amide bonds. The molecule has 0 saturated carbocycles. The van der Waals surface area contributed by atoms with Crippen LogP contribution in [0.25, 0.3) is 16.7 Å². The highest BCUT2D eigenvalue weighted by molar-refractivity contribution is 5.86. The van der Waals surface area contributed by atoms with E-state index in [4.69, 9.17) is 4.98 Å². The van der Waals surface area contributed by atoms with Gasteiger partial charge in [0.2, 0.25) is 5.91 Å². The van der Waals surface area contributed by atoms with Crippen LogP contribution in [0.3, 0.4) is 0 Å². The molecular weight excluding hydrogens is 498 g/mol. The van der Waals surface area contributed by atoms with E-state index in [1.165, 1.54) is 11.3 Å². The number of carbonyl (C=O) groups is 1. The number of nitrogens with zero attached hydrogens (tertiary/aromatic N) is 7. The molecule has 8 nitrogen and oxygen atoms in total. The maximum Gasteiger partial charge on any atom is 0.219 e. The van der Waals surface area contributed by atoms with Gasteiger partial charge in [0.05, 0.1) is 16.6 Å². The van der Waals surface area contributed by atoms with Crippen molar-refractivity contribution in [3.05, 3.63) is 71.3 Å². The minimum Gasteiger partial charge on any atom is -0.369 e. The summed E-state index contributed by atoms with van der Waals surface area (Å²) in [6.07, 6.45) is 0.858. The van der Waals surface area contributed by atoms with Gasteiger partial charge < -0.3 is 14.7 Å². The molecule has 0 unspecified atom stereocenters.